The molecule has 0 aliphatic rings. The maximum atomic E-state index is 13.4. The molecule has 0 saturated carbocycles. The third-order valence-corrected chi connectivity index (χ3v) is 3.51. The van der Waals surface area contributed by atoms with Crippen LogP contribution in [0, 0.1) is 5.82 Å². The van der Waals surface area contributed by atoms with E-state index in [1.807, 2.05) is 5.38 Å². The zero-order chi connectivity index (χ0) is 10.8. The van der Waals surface area contributed by atoms with E-state index in [-0.39, 0.29) is 0 Å². The standard InChI is InChI=1S/C10H8ClFN2S/c11-7-2-4-15-10(7)9(13)6-1-3-14-5-8(6)12/h1-5,9H,13H2. The molecule has 1 atom stereocenters. The molecule has 78 valence electrons. The highest BCUT2D eigenvalue weighted by Gasteiger charge is 2.17. The van der Waals surface area contributed by atoms with Crippen molar-refractivity contribution in [2.45, 2.75) is 6.04 Å². The molecular weight excluding hydrogens is 235 g/mol. The van der Waals surface area contributed by atoms with Crippen molar-refractivity contribution in [2.75, 3.05) is 0 Å². The molecule has 0 saturated heterocycles. The molecule has 2 nitrogen and oxygen atoms in total. The first-order valence-electron chi connectivity index (χ1n) is 4.28. The lowest BCUT2D eigenvalue weighted by atomic mass is 10.1. The number of aromatic nitrogens is 1. The molecule has 2 aromatic heterocycles. The fraction of sp³-hybridized carbons (Fsp3) is 0.100. The minimum atomic E-state index is -0.527. The molecule has 0 aromatic carbocycles. The van der Waals surface area contributed by atoms with E-state index in [4.69, 9.17) is 17.3 Å². The lowest BCUT2D eigenvalue weighted by Crippen LogP contribution is -2.12. The number of halogens is 2. The van der Waals surface area contributed by atoms with Crippen LogP contribution in [0.25, 0.3) is 0 Å². The zero-order valence-corrected chi connectivity index (χ0v) is 9.23. The van der Waals surface area contributed by atoms with Crippen molar-refractivity contribution >= 4 is 22.9 Å². The Labute approximate surface area is 95.5 Å². The molecule has 0 fully saturated rings. The number of rotatable bonds is 2. The molecule has 0 amide bonds. The minimum absolute atomic E-state index is 0.408. The van der Waals surface area contributed by atoms with Crippen LogP contribution in [0.1, 0.15) is 16.5 Å². The highest BCUT2D eigenvalue weighted by molar-refractivity contribution is 7.10. The molecule has 0 aliphatic carbocycles. The molecule has 2 aromatic rings. The second kappa shape index (κ2) is 4.26. The number of nitrogens with zero attached hydrogens (tertiary/aromatic N) is 1. The summed E-state index contributed by atoms with van der Waals surface area (Å²) in [6, 6.07) is 2.79. The first-order valence-corrected chi connectivity index (χ1v) is 5.54. The summed E-state index contributed by atoms with van der Waals surface area (Å²) >= 11 is 7.35. The maximum absolute atomic E-state index is 13.4. The summed E-state index contributed by atoms with van der Waals surface area (Å²) in [4.78, 5) is 4.44. The molecular formula is C10H8ClFN2S. The third-order valence-electron chi connectivity index (χ3n) is 2.07. The fourth-order valence-corrected chi connectivity index (χ4v) is 2.50. The number of hydrogen-bond donors (Lipinski definition) is 1. The molecule has 0 bridgehead atoms. The predicted molar refractivity (Wildman–Crippen MR) is 59.6 cm³/mol. The second-order valence-electron chi connectivity index (χ2n) is 3.01. The van der Waals surface area contributed by atoms with Crippen LogP contribution in [0.5, 0.6) is 0 Å². The van der Waals surface area contributed by atoms with Gasteiger partial charge in [0, 0.05) is 16.6 Å². The van der Waals surface area contributed by atoms with Crippen LogP contribution >= 0.6 is 22.9 Å². The summed E-state index contributed by atoms with van der Waals surface area (Å²) in [5, 5.41) is 2.40. The van der Waals surface area contributed by atoms with Crippen molar-refractivity contribution in [3.05, 3.63) is 51.2 Å². The first-order chi connectivity index (χ1) is 7.20. The monoisotopic (exact) mass is 242 g/mol. The number of thiophene rings is 1. The summed E-state index contributed by atoms with van der Waals surface area (Å²) < 4.78 is 13.4. The molecule has 15 heavy (non-hydrogen) atoms. The van der Waals surface area contributed by atoms with Crippen LogP contribution in [-0.2, 0) is 0 Å². The van der Waals surface area contributed by atoms with Crippen LogP contribution < -0.4 is 5.73 Å². The molecule has 0 radical (unpaired) electrons. The van der Waals surface area contributed by atoms with Crippen molar-refractivity contribution in [1.82, 2.24) is 4.98 Å². The topological polar surface area (TPSA) is 38.9 Å². The van der Waals surface area contributed by atoms with Gasteiger partial charge in [0.1, 0.15) is 5.82 Å². The summed E-state index contributed by atoms with van der Waals surface area (Å²) in [5.41, 5.74) is 6.33. The Balaban J connectivity index is 2.41. The van der Waals surface area contributed by atoms with Gasteiger partial charge in [-0.15, -0.1) is 11.3 Å². The number of hydrogen-bond acceptors (Lipinski definition) is 3. The Morgan fingerprint density at radius 3 is 2.87 bits per heavy atom. The van der Waals surface area contributed by atoms with Gasteiger partial charge in [-0.2, -0.15) is 0 Å². The van der Waals surface area contributed by atoms with Crippen molar-refractivity contribution < 1.29 is 4.39 Å². The van der Waals surface area contributed by atoms with E-state index < -0.39 is 11.9 Å². The van der Waals surface area contributed by atoms with Gasteiger partial charge < -0.3 is 5.73 Å². The molecule has 5 heteroatoms. The van der Waals surface area contributed by atoms with Crippen LogP contribution in [0.3, 0.4) is 0 Å². The fourth-order valence-electron chi connectivity index (χ4n) is 1.31. The van der Waals surface area contributed by atoms with Crippen LogP contribution in [0.4, 0.5) is 4.39 Å². The van der Waals surface area contributed by atoms with Crippen LogP contribution in [-0.4, -0.2) is 4.98 Å². The Kier molecular flexibility index (Phi) is 3.00. The molecule has 2 rings (SSSR count). The van der Waals surface area contributed by atoms with Crippen molar-refractivity contribution in [3.63, 3.8) is 0 Å². The van der Waals surface area contributed by atoms with E-state index in [0.29, 0.717) is 10.6 Å². The van der Waals surface area contributed by atoms with E-state index >= 15 is 0 Å². The van der Waals surface area contributed by atoms with Crippen LogP contribution in [0.2, 0.25) is 5.02 Å². The van der Waals surface area contributed by atoms with Gasteiger partial charge in [-0.25, -0.2) is 4.39 Å². The normalized spacial score (nSPS) is 12.7. The van der Waals surface area contributed by atoms with Gasteiger partial charge in [-0.1, -0.05) is 11.6 Å². The third kappa shape index (κ3) is 2.02. The van der Waals surface area contributed by atoms with Gasteiger partial charge in [-0.05, 0) is 17.5 Å². The van der Waals surface area contributed by atoms with Gasteiger partial charge in [0.2, 0.25) is 0 Å². The number of nitrogens with two attached hydrogens (primary N) is 1. The SMILES string of the molecule is NC(c1ccncc1F)c1sccc1Cl. The highest BCUT2D eigenvalue weighted by atomic mass is 35.5. The first kappa shape index (κ1) is 10.5. The Hall–Kier alpha value is -0.970. The number of pyridine rings is 1. The Morgan fingerprint density at radius 1 is 1.47 bits per heavy atom. The van der Waals surface area contributed by atoms with E-state index in [0.717, 1.165) is 11.1 Å². The average molecular weight is 243 g/mol. The maximum Gasteiger partial charge on any atom is 0.146 e. The minimum Gasteiger partial charge on any atom is -0.319 e. The van der Waals surface area contributed by atoms with Gasteiger partial charge in [0.15, 0.2) is 0 Å². The zero-order valence-electron chi connectivity index (χ0n) is 7.65. The predicted octanol–water partition coefficient (Wildman–Crippen LogP) is 2.98. The van der Waals surface area contributed by atoms with Crippen molar-refractivity contribution in [2.24, 2.45) is 5.73 Å². The molecule has 0 spiro atoms. The Bertz CT molecular complexity index is 472. The molecule has 2 heterocycles. The second-order valence-corrected chi connectivity index (χ2v) is 4.36. The van der Waals surface area contributed by atoms with E-state index in [1.165, 1.54) is 17.5 Å². The lowest BCUT2D eigenvalue weighted by Gasteiger charge is -2.11. The van der Waals surface area contributed by atoms with Crippen molar-refractivity contribution in [1.29, 1.82) is 0 Å². The van der Waals surface area contributed by atoms with Gasteiger partial charge in [0.25, 0.3) is 0 Å². The summed E-state index contributed by atoms with van der Waals surface area (Å²) in [6.07, 6.45) is 2.66. The largest absolute Gasteiger partial charge is 0.319 e. The summed E-state index contributed by atoms with van der Waals surface area (Å²) in [7, 11) is 0. The van der Waals surface area contributed by atoms with Crippen molar-refractivity contribution in [3.8, 4) is 0 Å². The van der Waals surface area contributed by atoms with E-state index in [2.05, 4.69) is 4.98 Å². The molecule has 2 N–H and O–H groups in total. The Morgan fingerprint density at radius 2 is 2.27 bits per heavy atom. The van der Waals surface area contributed by atoms with E-state index in [1.54, 1.807) is 12.1 Å². The average Bonchev–Trinajstić information content (AvgIpc) is 2.64. The van der Waals surface area contributed by atoms with Gasteiger partial charge in [-0.3, -0.25) is 4.98 Å². The smallest absolute Gasteiger partial charge is 0.146 e. The van der Waals surface area contributed by atoms with Gasteiger partial charge >= 0.3 is 0 Å². The van der Waals surface area contributed by atoms with Gasteiger partial charge in [0.05, 0.1) is 17.3 Å². The summed E-state index contributed by atoms with van der Waals surface area (Å²) in [5.74, 6) is -0.408. The quantitative estimate of drug-likeness (QED) is 0.879. The van der Waals surface area contributed by atoms with Crippen LogP contribution in [0.15, 0.2) is 29.9 Å². The molecule has 1 unspecified atom stereocenters. The highest BCUT2D eigenvalue weighted by Crippen LogP contribution is 2.31. The lowest BCUT2D eigenvalue weighted by molar-refractivity contribution is 0.594. The molecule has 0 aliphatic heterocycles. The van der Waals surface area contributed by atoms with E-state index in [9.17, 15) is 4.39 Å². The summed E-state index contributed by atoms with van der Waals surface area (Å²) in [6.45, 7) is 0.